The van der Waals surface area contributed by atoms with Gasteiger partial charge in [-0.1, -0.05) is 24.3 Å². The Labute approximate surface area is 357 Å². The monoisotopic (exact) mass is 850 g/mol. The third kappa shape index (κ3) is 9.59. The van der Waals surface area contributed by atoms with Crippen molar-refractivity contribution in [3.63, 3.8) is 0 Å². The van der Waals surface area contributed by atoms with Crippen molar-refractivity contribution in [3.8, 4) is 0 Å². The number of para-hydroxylation sites is 2. The number of aryl methyl sites for hydroxylation is 2. The fourth-order valence-electron chi connectivity index (χ4n) is 7.78. The number of fused-ring (bicyclic) bond motifs is 2. The summed E-state index contributed by atoms with van der Waals surface area (Å²) in [7, 11) is 0. The second-order valence-electron chi connectivity index (χ2n) is 15.4. The quantitative estimate of drug-likeness (QED) is 0.113. The molecule has 2 aliphatic heterocycles. The van der Waals surface area contributed by atoms with Crippen molar-refractivity contribution in [2.45, 2.75) is 92.2 Å². The number of hydrogen-bond acceptors (Lipinski definition) is 9. The number of rotatable bonds is 5. The summed E-state index contributed by atoms with van der Waals surface area (Å²) < 4.78 is 2.91. The van der Waals surface area contributed by atoms with Gasteiger partial charge in [0.2, 0.25) is 11.1 Å². The molecular weight excluding hydrogens is 800 g/mol. The second-order valence-corrected chi connectivity index (χ2v) is 15.9. The number of aromatic amines is 2. The number of halogens is 1. The zero-order valence-electron chi connectivity index (χ0n) is 35.2. The molecule has 61 heavy (non-hydrogen) atoms. The molecule has 2 saturated heterocycles. The van der Waals surface area contributed by atoms with E-state index in [9.17, 15) is 28.8 Å². The maximum absolute atomic E-state index is 13.5. The van der Waals surface area contributed by atoms with Gasteiger partial charge in [-0.15, -0.1) is 0 Å². The van der Waals surface area contributed by atoms with E-state index < -0.39 is 0 Å². The molecule has 320 valence electrons. The lowest BCUT2D eigenvalue weighted by Crippen LogP contribution is -2.39. The van der Waals surface area contributed by atoms with Crippen LogP contribution in [-0.2, 0) is 9.59 Å². The van der Waals surface area contributed by atoms with Gasteiger partial charge in [0.05, 0.1) is 40.3 Å². The van der Waals surface area contributed by atoms with Crippen LogP contribution in [0.1, 0.15) is 119 Å². The molecule has 16 nitrogen and oxygen atoms in total. The molecule has 17 heteroatoms. The summed E-state index contributed by atoms with van der Waals surface area (Å²) in [5.74, 6) is -0.447. The van der Waals surface area contributed by atoms with Gasteiger partial charge >= 0.3 is 0 Å². The van der Waals surface area contributed by atoms with Crippen molar-refractivity contribution in [2.24, 2.45) is 0 Å². The standard InChI is InChI=1S/C22H25N5O3.C20H23N5O2.C2H3ClO/c1-13-14(2)23-20-12-18(25-27(20)21(13)29)19-10-6-7-11-26(19)22(30)16-8-4-5-9-17(16)24-15(3)28;1-12-13(2)22-18-11-16(23-25(18)19(12)26)17-9-5-6-10-24(17)20(27)14-7-3-4-8-15(14)21;1-2(3)4/h4-5,8-9,12,19,25H,6-7,10-11H2,1-3H3,(H,24,28);3-4,7-8,11,17,23H,5-6,9-10,21H2,1-2H3;1H3/t19-;17-;/m00./s1. The van der Waals surface area contributed by atoms with E-state index >= 15 is 0 Å². The topological polar surface area (TPSA) is 213 Å². The number of anilines is 2. The first-order valence-electron chi connectivity index (χ1n) is 20.2. The van der Waals surface area contributed by atoms with Gasteiger partial charge in [-0.05, 0) is 102 Å². The number of likely N-dealkylation sites (tertiary alicyclic amines) is 2. The number of aromatic nitrogens is 6. The van der Waals surface area contributed by atoms with Crippen molar-refractivity contribution in [1.82, 2.24) is 39.0 Å². The van der Waals surface area contributed by atoms with Gasteiger partial charge in [-0.2, -0.15) is 0 Å². The highest BCUT2D eigenvalue weighted by atomic mass is 35.5. The minimum absolute atomic E-state index is 0.0795. The molecule has 8 rings (SSSR count). The van der Waals surface area contributed by atoms with Crippen molar-refractivity contribution < 1.29 is 19.2 Å². The van der Waals surface area contributed by atoms with Crippen LogP contribution in [0.25, 0.3) is 11.3 Å². The summed E-state index contributed by atoms with van der Waals surface area (Å²) in [4.78, 5) is 85.2. The third-order valence-corrected chi connectivity index (χ3v) is 11.1. The predicted molar refractivity (Wildman–Crippen MR) is 234 cm³/mol. The Hall–Kier alpha value is -6.55. The maximum atomic E-state index is 13.5. The number of carbonyl (C=O) groups is 4. The third-order valence-electron chi connectivity index (χ3n) is 11.1. The molecule has 0 saturated carbocycles. The van der Waals surface area contributed by atoms with Crippen molar-refractivity contribution >= 4 is 57.2 Å². The molecule has 0 bridgehead atoms. The lowest BCUT2D eigenvalue weighted by molar-refractivity contribution is -0.114. The van der Waals surface area contributed by atoms with E-state index in [-0.39, 0.29) is 46.2 Å². The molecule has 0 unspecified atom stereocenters. The minimum atomic E-state index is -0.361. The van der Waals surface area contributed by atoms with Crippen LogP contribution in [0.5, 0.6) is 0 Å². The molecule has 4 aromatic heterocycles. The highest BCUT2D eigenvalue weighted by Crippen LogP contribution is 2.34. The number of H-pyrrole nitrogens is 2. The first-order chi connectivity index (χ1) is 29.1. The minimum Gasteiger partial charge on any atom is -0.398 e. The van der Waals surface area contributed by atoms with Crippen molar-refractivity contribution in [2.75, 3.05) is 24.1 Å². The fraction of sp³-hybridized carbons (Fsp3) is 0.364. The Kier molecular flexibility index (Phi) is 13.6. The van der Waals surface area contributed by atoms with E-state index in [1.807, 2.05) is 47.9 Å². The molecule has 0 spiro atoms. The normalized spacial score (nSPS) is 16.3. The molecule has 2 atom stereocenters. The average Bonchev–Trinajstić information content (AvgIpc) is 3.87. The SMILES string of the molecule is CC(=O)Cl.CC(=O)Nc1ccccc1C(=O)N1CCCC[C@H]1c1cc2nc(C)c(C)c(=O)n2[nH]1.Cc1nc2cc([C@@H]3CCCCN3C(=O)c3ccccc3N)[nH]n2c(=O)c1C. The fourth-order valence-corrected chi connectivity index (χ4v) is 7.78. The number of piperidine rings is 2. The highest BCUT2D eigenvalue weighted by molar-refractivity contribution is 6.62. The van der Waals surface area contributed by atoms with Gasteiger partial charge in [-0.25, -0.2) is 19.0 Å². The van der Waals surface area contributed by atoms with E-state index in [4.69, 9.17) is 5.73 Å². The van der Waals surface area contributed by atoms with Crippen LogP contribution in [0.3, 0.4) is 0 Å². The average molecular weight is 851 g/mol. The Morgan fingerprint density at radius 2 is 1.11 bits per heavy atom. The largest absolute Gasteiger partial charge is 0.398 e. The maximum Gasteiger partial charge on any atom is 0.275 e. The number of nitrogens with zero attached hydrogens (tertiary/aromatic N) is 6. The molecule has 3 amide bonds. The molecule has 0 aliphatic carbocycles. The summed E-state index contributed by atoms with van der Waals surface area (Å²) in [6, 6.07) is 17.6. The summed E-state index contributed by atoms with van der Waals surface area (Å²) in [5, 5.41) is 8.71. The smallest absolute Gasteiger partial charge is 0.275 e. The van der Waals surface area contributed by atoms with Crippen LogP contribution in [0.15, 0.2) is 70.3 Å². The molecule has 2 aliphatic rings. The van der Waals surface area contributed by atoms with E-state index in [1.165, 1.54) is 22.9 Å². The first-order valence-corrected chi connectivity index (χ1v) is 20.6. The molecule has 2 fully saturated rings. The Balaban J connectivity index is 0.000000189. The molecule has 0 radical (unpaired) electrons. The lowest BCUT2D eigenvalue weighted by atomic mass is 9.98. The number of benzene rings is 2. The van der Waals surface area contributed by atoms with Gasteiger partial charge in [0.25, 0.3) is 22.9 Å². The van der Waals surface area contributed by atoms with Gasteiger partial charge in [0.1, 0.15) is 0 Å². The second kappa shape index (κ2) is 18.8. The van der Waals surface area contributed by atoms with Gasteiger partial charge in [0.15, 0.2) is 11.3 Å². The van der Waals surface area contributed by atoms with Crippen molar-refractivity contribution in [3.05, 3.63) is 126 Å². The molecular formula is C44H51ClN10O6. The van der Waals surface area contributed by atoms with Gasteiger partial charge < -0.3 is 20.9 Å². The lowest BCUT2D eigenvalue weighted by Gasteiger charge is -2.35. The van der Waals surface area contributed by atoms with E-state index in [2.05, 4.69) is 37.1 Å². The highest BCUT2D eigenvalue weighted by Gasteiger charge is 2.33. The summed E-state index contributed by atoms with van der Waals surface area (Å²) >= 11 is 4.64. The summed E-state index contributed by atoms with van der Waals surface area (Å²) in [6.45, 7) is 11.2. The van der Waals surface area contributed by atoms with Gasteiger partial charge in [-0.3, -0.25) is 39.0 Å². The zero-order chi connectivity index (χ0) is 44.1. The Morgan fingerprint density at radius 3 is 1.57 bits per heavy atom. The molecule has 6 aromatic rings. The molecule has 5 N–H and O–H groups in total. The van der Waals surface area contributed by atoms with Gasteiger partial charge in [0, 0.05) is 67.3 Å². The number of hydrogen-bond donors (Lipinski definition) is 4. The van der Waals surface area contributed by atoms with Crippen LogP contribution in [0.2, 0.25) is 0 Å². The number of amides is 3. The van der Waals surface area contributed by atoms with Crippen LogP contribution in [0, 0.1) is 27.7 Å². The van der Waals surface area contributed by atoms with E-state index in [0.29, 0.717) is 63.7 Å². The number of nitrogens with one attached hydrogen (secondary N) is 3. The first kappa shape index (κ1) is 44.0. The molecule has 2 aromatic carbocycles. The summed E-state index contributed by atoms with van der Waals surface area (Å²) in [5.41, 5.74) is 13.1. The number of nitrogens with two attached hydrogens (primary N) is 1. The van der Waals surface area contributed by atoms with Crippen LogP contribution in [-0.4, -0.2) is 75.0 Å². The Bertz CT molecular complexity index is 2750. The zero-order valence-corrected chi connectivity index (χ0v) is 35.9. The predicted octanol–water partition coefficient (Wildman–Crippen LogP) is 6.33. The molecule has 6 heterocycles. The van der Waals surface area contributed by atoms with Crippen LogP contribution in [0.4, 0.5) is 11.4 Å². The van der Waals surface area contributed by atoms with Crippen LogP contribution >= 0.6 is 11.6 Å². The Morgan fingerprint density at radius 1 is 0.689 bits per heavy atom. The number of nitrogen functional groups attached to an aromatic ring is 1. The van der Waals surface area contributed by atoms with E-state index in [1.54, 1.807) is 50.2 Å². The van der Waals surface area contributed by atoms with E-state index in [0.717, 1.165) is 55.6 Å². The number of carbonyl (C=O) groups excluding carboxylic acids is 4. The summed E-state index contributed by atoms with van der Waals surface area (Å²) in [6.07, 6.45) is 5.48. The van der Waals surface area contributed by atoms with Crippen molar-refractivity contribution in [1.29, 1.82) is 0 Å². The van der Waals surface area contributed by atoms with Crippen LogP contribution < -0.4 is 22.2 Å².